The number of benzene rings is 1. The molecule has 17 heavy (non-hydrogen) atoms. The molecule has 1 aromatic heterocycles. The van der Waals surface area contributed by atoms with Crippen molar-refractivity contribution >= 4 is 10.9 Å². The number of aromatic amines is 1. The van der Waals surface area contributed by atoms with E-state index < -0.39 is 0 Å². The van der Waals surface area contributed by atoms with Crippen molar-refractivity contribution in [2.75, 3.05) is 0 Å². The SMILES string of the molecule is CCc1cccc2cc(CCC#N)c(=O)[nH]c12. The maximum Gasteiger partial charge on any atom is 0.251 e. The number of hydrogen-bond donors (Lipinski definition) is 1. The summed E-state index contributed by atoms with van der Waals surface area (Å²) in [6.07, 6.45) is 1.78. The number of aryl methyl sites for hydroxylation is 2. The van der Waals surface area contributed by atoms with Crippen LogP contribution in [0, 0.1) is 11.3 Å². The third-order valence-corrected chi connectivity index (χ3v) is 2.93. The van der Waals surface area contributed by atoms with E-state index >= 15 is 0 Å². The van der Waals surface area contributed by atoms with Crippen LogP contribution in [0.4, 0.5) is 0 Å². The second-order valence-electron chi connectivity index (χ2n) is 4.02. The van der Waals surface area contributed by atoms with E-state index in [4.69, 9.17) is 5.26 Å². The van der Waals surface area contributed by atoms with Gasteiger partial charge in [-0.1, -0.05) is 25.1 Å². The van der Waals surface area contributed by atoms with Gasteiger partial charge in [-0.15, -0.1) is 0 Å². The molecule has 86 valence electrons. The van der Waals surface area contributed by atoms with E-state index in [1.165, 1.54) is 0 Å². The molecule has 2 aromatic rings. The first-order valence-electron chi connectivity index (χ1n) is 5.77. The summed E-state index contributed by atoms with van der Waals surface area (Å²) in [7, 11) is 0. The number of fused-ring (bicyclic) bond motifs is 1. The van der Waals surface area contributed by atoms with Crippen molar-refractivity contribution in [1.29, 1.82) is 5.26 Å². The highest BCUT2D eigenvalue weighted by molar-refractivity contribution is 5.82. The summed E-state index contributed by atoms with van der Waals surface area (Å²) in [5.41, 5.74) is 2.67. The maximum absolute atomic E-state index is 11.8. The molecule has 0 atom stereocenters. The summed E-state index contributed by atoms with van der Waals surface area (Å²) < 4.78 is 0. The molecule has 1 heterocycles. The molecular formula is C14H14N2O. The topological polar surface area (TPSA) is 56.6 Å². The van der Waals surface area contributed by atoms with E-state index in [0.29, 0.717) is 18.4 Å². The van der Waals surface area contributed by atoms with Gasteiger partial charge in [0.25, 0.3) is 5.56 Å². The summed E-state index contributed by atoms with van der Waals surface area (Å²) >= 11 is 0. The molecule has 0 saturated heterocycles. The molecule has 1 aromatic carbocycles. The molecule has 0 spiro atoms. The fraction of sp³-hybridized carbons (Fsp3) is 0.286. The lowest BCUT2D eigenvalue weighted by Gasteiger charge is -2.05. The average molecular weight is 226 g/mol. The molecule has 1 N–H and O–H groups in total. The maximum atomic E-state index is 11.8. The number of nitriles is 1. The molecule has 2 rings (SSSR count). The van der Waals surface area contributed by atoms with Gasteiger partial charge in [0.15, 0.2) is 0 Å². The minimum Gasteiger partial charge on any atom is -0.321 e. The lowest BCUT2D eigenvalue weighted by atomic mass is 10.0. The summed E-state index contributed by atoms with van der Waals surface area (Å²) in [5, 5.41) is 9.59. The minimum atomic E-state index is -0.0753. The average Bonchev–Trinajstić information content (AvgIpc) is 2.35. The third-order valence-electron chi connectivity index (χ3n) is 2.93. The summed E-state index contributed by atoms with van der Waals surface area (Å²) in [4.78, 5) is 14.8. The molecule has 0 unspecified atom stereocenters. The Morgan fingerprint density at radius 3 is 2.88 bits per heavy atom. The Morgan fingerprint density at radius 2 is 2.18 bits per heavy atom. The molecule has 0 amide bonds. The number of para-hydroxylation sites is 1. The van der Waals surface area contributed by atoms with Gasteiger partial charge in [-0.3, -0.25) is 4.79 Å². The van der Waals surface area contributed by atoms with Crippen LogP contribution in [0.15, 0.2) is 29.1 Å². The molecular weight excluding hydrogens is 212 g/mol. The Bertz CT molecular complexity index is 635. The molecule has 0 fully saturated rings. The van der Waals surface area contributed by atoms with Crippen LogP contribution < -0.4 is 5.56 Å². The predicted octanol–water partition coefficient (Wildman–Crippen LogP) is 2.55. The van der Waals surface area contributed by atoms with E-state index in [1.807, 2.05) is 24.3 Å². The molecule has 3 nitrogen and oxygen atoms in total. The van der Waals surface area contributed by atoms with Gasteiger partial charge in [0.05, 0.1) is 11.6 Å². The van der Waals surface area contributed by atoms with Crippen molar-refractivity contribution in [3.05, 3.63) is 45.7 Å². The molecule has 0 aliphatic heterocycles. The van der Waals surface area contributed by atoms with Crippen molar-refractivity contribution < 1.29 is 0 Å². The Morgan fingerprint density at radius 1 is 1.35 bits per heavy atom. The number of nitrogens with zero attached hydrogens (tertiary/aromatic N) is 1. The van der Waals surface area contributed by atoms with Crippen molar-refractivity contribution in [2.24, 2.45) is 0 Å². The number of aromatic nitrogens is 1. The Kier molecular flexibility index (Phi) is 3.24. The Hall–Kier alpha value is -2.08. The summed E-state index contributed by atoms with van der Waals surface area (Å²) in [6.45, 7) is 2.07. The fourth-order valence-corrected chi connectivity index (χ4v) is 2.01. The van der Waals surface area contributed by atoms with Crippen LogP contribution in [0.2, 0.25) is 0 Å². The van der Waals surface area contributed by atoms with Gasteiger partial charge in [-0.05, 0) is 29.9 Å². The van der Waals surface area contributed by atoms with Crippen LogP contribution in [0.3, 0.4) is 0 Å². The predicted molar refractivity (Wildman–Crippen MR) is 67.9 cm³/mol. The van der Waals surface area contributed by atoms with E-state index in [0.717, 1.165) is 22.9 Å². The number of H-pyrrole nitrogens is 1. The zero-order valence-corrected chi connectivity index (χ0v) is 9.79. The standard InChI is InChI=1S/C14H14N2O/c1-2-10-5-3-6-11-9-12(7-4-8-15)14(17)16-13(10)11/h3,5-6,9H,2,4,7H2,1H3,(H,16,17). The van der Waals surface area contributed by atoms with Crippen molar-refractivity contribution in [3.63, 3.8) is 0 Å². The lowest BCUT2D eigenvalue weighted by molar-refractivity contribution is 0.981. The normalized spacial score (nSPS) is 10.4. The van der Waals surface area contributed by atoms with Gasteiger partial charge in [-0.2, -0.15) is 5.26 Å². The Balaban J connectivity index is 2.59. The number of pyridine rings is 1. The smallest absolute Gasteiger partial charge is 0.251 e. The largest absolute Gasteiger partial charge is 0.321 e. The first kappa shape index (κ1) is 11.4. The summed E-state index contributed by atoms with van der Waals surface area (Å²) in [6, 6.07) is 9.96. The van der Waals surface area contributed by atoms with Crippen molar-refractivity contribution in [1.82, 2.24) is 4.98 Å². The van der Waals surface area contributed by atoms with E-state index in [2.05, 4.69) is 18.0 Å². The number of hydrogen-bond acceptors (Lipinski definition) is 2. The van der Waals surface area contributed by atoms with E-state index in [9.17, 15) is 4.79 Å². The van der Waals surface area contributed by atoms with Crippen LogP contribution in [0.1, 0.15) is 24.5 Å². The van der Waals surface area contributed by atoms with Crippen LogP contribution in [-0.4, -0.2) is 4.98 Å². The van der Waals surface area contributed by atoms with Crippen LogP contribution in [-0.2, 0) is 12.8 Å². The second kappa shape index (κ2) is 4.84. The second-order valence-corrected chi connectivity index (χ2v) is 4.02. The van der Waals surface area contributed by atoms with Gasteiger partial charge in [0.2, 0.25) is 0 Å². The zero-order chi connectivity index (χ0) is 12.3. The quantitative estimate of drug-likeness (QED) is 0.874. The number of nitrogens with one attached hydrogen (secondary N) is 1. The van der Waals surface area contributed by atoms with Crippen molar-refractivity contribution in [3.8, 4) is 6.07 Å². The third kappa shape index (κ3) is 2.21. The summed E-state index contributed by atoms with van der Waals surface area (Å²) in [5.74, 6) is 0. The van der Waals surface area contributed by atoms with Gasteiger partial charge in [0, 0.05) is 12.0 Å². The lowest BCUT2D eigenvalue weighted by Crippen LogP contribution is -2.12. The molecule has 3 heteroatoms. The fourth-order valence-electron chi connectivity index (χ4n) is 2.01. The highest BCUT2D eigenvalue weighted by Gasteiger charge is 2.05. The molecule has 0 aliphatic rings. The van der Waals surface area contributed by atoms with Crippen LogP contribution >= 0.6 is 0 Å². The first-order valence-corrected chi connectivity index (χ1v) is 5.77. The number of rotatable bonds is 3. The molecule has 0 bridgehead atoms. The minimum absolute atomic E-state index is 0.0753. The zero-order valence-electron chi connectivity index (χ0n) is 9.79. The van der Waals surface area contributed by atoms with Gasteiger partial charge in [-0.25, -0.2) is 0 Å². The van der Waals surface area contributed by atoms with Gasteiger partial charge < -0.3 is 4.98 Å². The van der Waals surface area contributed by atoms with Crippen molar-refractivity contribution in [2.45, 2.75) is 26.2 Å². The van der Waals surface area contributed by atoms with E-state index in [-0.39, 0.29) is 5.56 Å². The monoisotopic (exact) mass is 226 g/mol. The molecule has 0 aliphatic carbocycles. The van der Waals surface area contributed by atoms with E-state index in [1.54, 1.807) is 0 Å². The molecule has 0 saturated carbocycles. The van der Waals surface area contributed by atoms with Gasteiger partial charge >= 0.3 is 0 Å². The first-order chi connectivity index (χ1) is 8.26. The van der Waals surface area contributed by atoms with Crippen LogP contribution in [0.5, 0.6) is 0 Å². The highest BCUT2D eigenvalue weighted by atomic mass is 16.1. The van der Waals surface area contributed by atoms with Gasteiger partial charge in [0.1, 0.15) is 0 Å². The van der Waals surface area contributed by atoms with Crippen LogP contribution in [0.25, 0.3) is 10.9 Å². The highest BCUT2D eigenvalue weighted by Crippen LogP contribution is 2.16. The molecule has 0 radical (unpaired) electrons. The Labute approximate surface area is 99.7 Å².